The standard InChI is InChI=1S/C19H23N3O4/c1-3-19(23)21(13-18-14-25-8-9-26-18)11-15-10-20-22(12-15)16-4-6-17(24-2)7-5-16/h3-7,10,12,18H,1,8-9,11,13-14H2,2H3/t18-/m0/s1. The molecule has 1 aromatic carbocycles. The van der Waals surface area contributed by atoms with Gasteiger partial charge < -0.3 is 19.1 Å². The van der Waals surface area contributed by atoms with Gasteiger partial charge in [-0.3, -0.25) is 4.79 Å². The number of ether oxygens (including phenoxy) is 3. The fraction of sp³-hybridized carbons (Fsp3) is 0.368. The van der Waals surface area contributed by atoms with Gasteiger partial charge in [-0.2, -0.15) is 5.10 Å². The molecule has 1 aliphatic heterocycles. The van der Waals surface area contributed by atoms with Crippen LogP contribution < -0.4 is 4.74 Å². The van der Waals surface area contributed by atoms with E-state index in [2.05, 4.69) is 11.7 Å². The number of carbonyl (C=O) groups excluding carboxylic acids is 1. The fourth-order valence-corrected chi connectivity index (χ4v) is 2.79. The van der Waals surface area contributed by atoms with Crippen LogP contribution in [0.2, 0.25) is 0 Å². The van der Waals surface area contributed by atoms with Gasteiger partial charge in [0, 0.05) is 24.8 Å². The van der Waals surface area contributed by atoms with E-state index in [0.717, 1.165) is 17.0 Å². The summed E-state index contributed by atoms with van der Waals surface area (Å²) in [6.07, 6.45) is 4.86. The summed E-state index contributed by atoms with van der Waals surface area (Å²) >= 11 is 0. The van der Waals surface area contributed by atoms with Crippen LogP contribution in [0, 0.1) is 0 Å². The molecule has 1 fully saturated rings. The molecule has 7 heteroatoms. The monoisotopic (exact) mass is 357 g/mol. The molecule has 3 rings (SSSR count). The third kappa shape index (κ3) is 4.50. The Morgan fingerprint density at radius 1 is 1.42 bits per heavy atom. The molecule has 1 amide bonds. The molecular formula is C19H23N3O4. The maximum absolute atomic E-state index is 12.2. The summed E-state index contributed by atoms with van der Waals surface area (Å²) in [5.41, 5.74) is 1.84. The van der Waals surface area contributed by atoms with Gasteiger partial charge in [-0.15, -0.1) is 0 Å². The van der Waals surface area contributed by atoms with Crippen LogP contribution in [0.15, 0.2) is 49.3 Å². The van der Waals surface area contributed by atoms with Gasteiger partial charge in [0.15, 0.2) is 0 Å². The predicted octanol–water partition coefficient (Wildman–Crippen LogP) is 1.81. The highest BCUT2D eigenvalue weighted by Gasteiger charge is 2.21. The van der Waals surface area contributed by atoms with Crippen LogP contribution in [0.25, 0.3) is 5.69 Å². The number of hydrogen-bond acceptors (Lipinski definition) is 5. The molecular weight excluding hydrogens is 334 g/mol. The van der Waals surface area contributed by atoms with E-state index in [4.69, 9.17) is 14.2 Å². The molecule has 0 unspecified atom stereocenters. The Bertz CT molecular complexity index is 735. The number of carbonyl (C=O) groups is 1. The molecule has 0 saturated carbocycles. The van der Waals surface area contributed by atoms with Crippen LogP contribution in [0.3, 0.4) is 0 Å². The summed E-state index contributed by atoms with van der Waals surface area (Å²) in [4.78, 5) is 13.9. The summed E-state index contributed by atoms with van der Waals surface area (Å²) in [6, 6.07) is 7.61. The van der Waals surface area contributed by atoms with Crippen molar-refractivity contribution in [2.45, 2.75) is 12.6 Å². The Morgan fingerprint density at radius 3 is 2.88 bits per heavy atom. The van der Waals surface area contributed by atoms with Crippen LogP contribution >= 0.6 is 0 Å². The van der Waals surface area contributed by atoms with Crippen molar-refractivity contribution in [3.05, 3.63) is 54.9 Å². The SMILES string of the molecule is C=CC(=O)N(Cc1cnn(-c2ccc(OC)cc2)c1)C[C@H]1COCCO1. The Balaban J connectivity index is 1.69. The average molecular weight is 357 g/mol. The quantitative estimate of drug-likeness (QED) is 0.707. The molecule has 138 valence electrons. The molecule has 1 aliphatic rings. The number of methoxy groups -OCH3 is 1. The molecule has 1 aromatic heterocycles. The van der Waals surface area contributed by atoms with Crippen molar-refractivity contribution in [2.75, 3.05) is 33.5 Å². The molecule has 26 heavy (non-hydrogen) atoms. The summed E-state index contributed by atoms with van der Waals surface area (Å²) in [6.45, 7) is 6.12. The van der Waals surface area contributed by atoms with E-state index in [1.54, 1.807) is 22.9 Å². The highest BCUT2D eigenvalue weighted by Crippen LogP contribution is 2.16. The lowest BCUT2D eigenvalue weighted by Gasteiger charge is -2.29. The highest BCUT2D eigenvalue weighted by molar-refractivity contribution is 5.87. The minimum atomic E-state index is -0.142. The summed E-state index contributed by atoms with van der Waals surface area (Å²) < 4.78 is 18.0. The van der Waals surface area contributed by atoms with Crippen molar-refractivity contribution in [3.8, 4) is 11.4 Å². The Hall–Kier alpha value is -2.64. The van der Waals surface area contributed by atoms with Crippen molar-refractivity contribution in [1.29, 1.82) is 0 Å². The number of nitrogens with zero attached hydrogens (tertiary/aromatic N) is 3. The zero-order chi connectivity index (χ0) is 18.4. The second-order valence-corrected chi connectivity index (χ2v) is 5.98. The molecule has 7 nitrogen and oxygen atoms in total. The van der Waals surface area contributed by atoms with Crippen molar-refractivity contribution in [2.24, 2.45) is 0 Å². The first kappa shape index (κ1) is 18.2. The Labute approximate surface area is 152 Å². The molecule has 2 aromatic rings. The number of amides is 1. The molecule has 0 N–H and O–H groups in total. The van der Waals surface area contributed by atoms with Gasteiger partial charge in [-0.1, -0.05) is 6.58 Å². The molecule has 0 radical (unpaired) electrons. The zero-order valence-corrected chi connectivity index (χ0v) is 14.8. The van der Waals surface area contributed by atoms with E-state index in [0.29, 0.717) is 32.9 Å². The average Bonchev–Trinajstić information content (AvgIpc) is 3.16. The van der Waals surface area contributed by atoms with Crippen LogP contribution in [-0.4, -0.2) is 60.2 Å². The van der Waals surface area contributed by atoms with Gasteiger partial charge in [0.25, 0.3) is 0 Å². The first-order valence-corrected chi connectivity index (χ1v) is 8.48. The second-order valence-electron chi connectivity index (χ2n) is 5.98. The predicted molar refractivity (Wildman–Crippen MR) is 96.3 cm³/mol. The van der Waals surface area contributed by atoms with E-state index in [9.17, 15) is 4.79 Å². The molecule has 0 spiro atoms. The van der Waals surface area contributed by atoms with Gasteiger partial charge in [-0.05, 0) is 30.3 Å². The van der Waals surface area contributed by atoms with Crippen molar-refractivity contribution in [3.63, 3.8) is 0 Å². The van der Waals surface area contributed by atoms with Crippen LogP contribution in [-0.2, 0) is 20.8 Å². The first-order chi connectivity index (χ1) is 12.7. The van der Waals surface area contributed by atoms with Crippen molar-refractivity contribution >= 4 is 5.91 Å². The van der Waals surface area contributed by atoms with E-state index in [-0.39, 0.29) is 12.0 Å². The van der Waals surface area contributed by atoms with Crippen LogP contribution in [0.4, 0.5) is 0 Å². The smallest absolute Gasteiger partial charge is 0.246 e. The topological polar surface area (TPSA) is 65.8 Å². The molecule has 1 saturated heterocycles. The van der Waals surface area contributed by atoms with E-state index in [1.165, 1.54) is 6.08 Å². The third-order valence-electron chi connectivity index (χ3n) is 4.14. The normalized spacial score (nSPS) is 16.9. The highest BCUT2D eigenvalue weighted by atomic mass is 16.6. The van der Waals surface area contributed by atoms with Gasteiger partial charge in [0.1, 0.15) is 5.75 Å². The minimum Gasteiger partial charge on any atom is -0.497 e. The van der Waals surface area contributed by atoms with Crippen LogP contribution in [0.1, 0.15) is 5.56 Å². The summed E-state index contributed by atoms with van der Waals surface area (Å²) in [7, 11) is 1.63. The van der Waals surface area contributed by atoms with Gasteiger partial charge in [0.2, 0.25) is 5.91 Å². The van der Waals surface area contributed by atoms with E-state index in [1.807, 2.05) is 30.5 Å². The summed E-state index contributed by atoms with van der Waals surface area (Å²) in [5.74, 6) is 0.648. The lowest BCUT2D eigenvalue weighted by molar-refractivity contribution is -0.134. The zero-order valence-electron chi connectivity index (χ0n) is 14.8. The van der Waals surface area contributed by atoms with Crippen molar-refractivity contribution < 1.29 is 19.0 Å². The van der Waals surface area contributed by atoms with E-state index < -0.39 is 0 Å². The lowest BCUT2D eigenvalue weighted by atomic mass is 10.2. The van der Waals surface area contributed by atoms with E-state index >= 15 is 0 Å². The number of aromatic nitrogens is 2. The maximum atomic E-state index is 12.2. The largest absolute Gasteiger partial charge is 0.497 e. The van der Waals surface area contributed by atoms with Gasteiger partial charge in [0.05, 0.1) is 44.9 Å². The third-order valence-corrected chi connectivity index (χ3v) is 4.14. The minimum absolute atomic E-state index is 0.121. The van der Waals surface area contributed by atoms with Gasteiger partial charge >= 0.3 is 0 Å². The first-order valence-electron chi connectivity index (χ1n) is 8.48. The van der Waals surface area contributed by atoms with Gasteiger partial charge in [-0.25, -0.2) is 4.68 Å². The Morgan fingerprint density at radius 2 is 2.23 bits per heavy atom. The maximum Gasteiger partial charge on any atom is 0.246 e. The number of hydrogen-bond donors (Lipinski definition) is 0. The summed E-state index contributed by atoms with van der Waals surface area (Å²) in [5, 5.41) is 4.38. The number of benzene rings is 1. The number of rotatable bonds is 7. The van der Waals surface area contributed by atoms with Crippen LogP contribution in [0.5, 0.6) is 5.75 Å². The molecule has 0 bridgehead atoms. The lowest BCUT2D eigenvalue weighted by Crippen LogP contribution is -2.41. The Kier molecular flexibility index (Phi) is 6.04. The molecule has 2 heterocycles. The molecule has 0 aliphatic carbocycles. The fourth-order valence-electron chi connectivity index (χ4n) is 2.79. The second kappa shape index (κ2) is 8.64. The molecule has 1 atom stereocenters. The van der Waals surface area contributed by atoms with Crippen molar-refractivity contribution in [1.82, 2.24) is 14.7 Å².